The molecular weight excluding hydrogens is 532 g/mol. The normalized spacial score (nSPS) is 11.7. The molecule has 42 heavy (non-hydrogen) atoms. The van der Waals surface area contributed by atoms with Gasteiger partial charge in [0.25, 0.3) is 11.8 Å². The van der Waals surface area contributed by atoms with Gasteiger partial charge in [-0.25, -0.2) is 0 Å². The zero-order chi connectivity index (χ0) is 31.6. The first-order valence-electron chi connectivity index (χ1n) is 14.9. The summed E-state index contributed by atoms with van der Waals surface area (Å²) in [5, 5.41) is 7.46. The lowest BCUT2D eigenvalue weighted by atomic mass is 9.79. The summed E-state index contributed by atoms with van der Waals surface area (Å²) < 4.78 is 18.3. The van der Waals surface area contributed by atoms with Crippen molar-refractivity contribution in [2.24, 2.45) is 23.3 Å². The monoisotopic (exact) mass is 582 g/mol. The highest BCUT2D eigenvalue weighted by atomic mass is 16.5. The van der Waals surface area contributed by atoms with E-state index in [1.54, 1.807) is 47.4 Å². The molecular formula is C33H50N4O5. The highest BCUT2D eigenvalue weighted by molar-refractivity contribution is 5.98. The Balaban J connectivity index is 2.14. The van der Waals surface area contributed by atoms with Crippen LogP contribution >= 0.6 is 0 Å². The number of nitrogens with zero attached hydrogens (tertiary/aromatic N) is 1. The number of amides is 2. The van der Waals surface area contributed by atoms with Gasteiger partial charge in [-0.1, -0.05) is 27.7 Å². The standard InChI is InChI=1S/C33H50N4O5/c1-21(2)33(22(3)4,32(36)39)42-29-20-27(16-17-28(29)31(38)37(23(5)6)24(7)8)41-19-11-9-10-18-40-26-14-12-25(13-15-26)30(34)35/h12-17,20-24H,9-11,18-19H2,1-8H3,(H3,34,35)(H2,36,39). The highest BCUT2D eigenvalue weighted by Crippen LogP contribution is 2.36. The third-order valence-corrected chi connectivity index (χ3v) is 7.40. The number of carbonyl (C=O) groups excluding carboxylic acids is 2. The Kier molecular flexibility index (Phi) is 12.7. The second kappa shape index (κ2) is 15.5. The molecule has 0 spiro atoms. The van der Waals surface area contributed by atoms with Crippen molar-refractivity contribution < 1.29 is 23.8 Å². The van der Waals surface area contributed by atoms with E-state index in [9.17, 15) is 9.59 Å². The van der Waals surface area contributed by atoms with Crippen molar-refractivity contribution in [2.45, 2.75) is 92.3 Å². The summed E-state index contributed by atoms with van der Waals surface area (Å²) in [6.07, 6.45) is 2.56. The Bertz CT molecular complexity index is 1180. The minimum absolute atomic E-state index is 0.0266. The molecule has 2 aromatic carbocycles. The number of hydrogen-bond donors (Lipinski definition) is 3. The van der Waals surface area contributed by atoms with Crippen LogP contribution in [0.2, 0.25) is 0 Å². The first kappa shape index (κ1) is 34.5. The maximum Gasteiger partial charge on any atom is 0.262 e. The number of rotatable bonds is 17. The van der Waals surface area contributed by atoms with Crippen molar-refractivity contribution in [3.05, 3.63) is 53.6 Å². The zero-order valence-electron chi connectivity index (χ0n) is 26.5. The summed E-state index contributed by atoms with van der Waals surface area (Å²) in [6.45, 7) is 16.5. The molecule has 232 valence electrons. The Morgan fingerprint density at radius 1 is 0.786 bits per heavy atom. The van der Waals surface area contributed by atoms with Gasteiger partial charge in [0.1, 0.15) is 23.1 Å². The predicted octanol–water partition coefficient (Wildman–Crippen LogP) is 5.77. The van der Waals surface area contributed by atoms with Crippen LogP contribution in [0.4, 0.5) is 0 Å². The largest absolute Gasteiger partial charge is 0.494 e. The number of hydrogen-bond acceptors (Lipinski definition) is 6. The molecule has 0 radical (unpaired) electrons. The fraction of sp³-hybridized carbons (Fsp3) is 0.545. The Labute approximate surface area is 251 Å². The lowest BCUT2D eigenvalue weighted by molar-refractivity contribution is -0.142. The highest BCUT2D eigenvalue weighted by Gasteiger charge is 2.46. The van der Waals surface area contributed by atoms with Gasteiger partial charge >= 0.3 is 0 Å². The van der Waals surface area contributed by atoms with Crippen LogP contribution in [0.5, 0.6) is 17.2 Å². The lowest BCUT2D eigenvalue weighted by Crippen LogP contribution is -2.57. The predicted molar refractivity (Wildman–Crippen MR) is 167 cm³/mol. The fourth-order valence-corrected chi connectivity index (χ4v) is 5.25. The van der Waals surface area contributed by atoms with E-state index < -0.39 is 11.5 Å². The van der Waals surface area contributed by atoms with Crippen LogP contribution in [0, 0.1) is 17.2 Å². The van der Waals surface area contributed by atoms with Gasteiger partial charge in [0.2, 0.25) is 0 Å². The van der Waals surface area contributed by atoms with Crippen molar-refractivity contribution in [1.29, 1.82) is 5.41 Å². The van der Waals surface area contributed by atoms with Crippen LogP contribution in [0.25, 0.3) is 0 Å². The minimum atomic E-state index is -1.31. The van der Waals surface area contributed by atoms with E-state index in [4.69, 9.17) is 31.1 Å². The molecule has 0 saturated heterocycles. The minimum Gasteiger partial charge on any atom is -0.494 e. The topological polar surface area (TPSA) is 141 Å². The van der Waals surface area contributed by atoms with Crippen molar-refractivity contribution in [3.8, 4) is 17.2 Å². The molecule has 0 atom stereocenters. The molecule has 9 heteroatoms. The summed E-state index contributed by atoms with van der Waals surface area (Å²) in [6, 6.07) is 12.3. The third-order valence-electron chi connectivity index (χ3n) is 7.40. The van der Waals surface area contributed by atoms with E-state index in [1.165, 1.54) is 0 Å². The number of nitrogen functional groups attached to an aromatic ring is 1. The number of primary amides is 1. The van der Waals surface area contributed by atoms with Crippen LogP contribution < -0.4 is 25.7 Å². The SMILES string of the molecule is CC(C)N(C(=O)c1ccc(OCCCCCOc2ccc(C(=N)N)cc2)cc1OC(C(N)=O)(C(C)C)C(C)C)C(C)C. The van der Waals surface area contributed by atoms with Crippen LogP contribution in [0.3, 0.4) is 0 Å². The molecule has 0 fully saturated rings. The van der Waals surface area contributed by atoms with Gasteiger partial charge in [-0.15, -0.1) is 0 Å². The number of benzene rings is 2. The number of nitrogens with two attached hydrogens (primary N) is 2. The van der Waals surface area contributed by atoms with Crippen LogP contribution in [0.15, 0.2) is 42.5 Å². The number of unbranched alkanes of at least 4 members (excludes halogenated alkanes) is 2. The molecule has 0 aliphatic rings. The molecule has 2 amide bonds. The van der Waals surface area contributed by atoms with Gasteiger partial charge in [0, 0.05) is 35.5 Å². The average Bonchev–Trinajstić information content (AvgIpc) is 2.90. The third kappa shape index (κ3) is 8.63. The molecule has 0 heterocycles. The quantitative estimate of drug-likeness (QED) is 0.123. The molecule has 5 N–H and O–H groups in total. The second-order valence-corrected chi connectivity index (χ2v) is 11.8. The van der Waals surface area contributed by atoms with E-state index in [-0.39, 0.29) is 41.4 Å². The molecule has 0 aliphatic carbocycles. The maximum atomic E-state index is 13.7. The summed E-state index contributed by atoms with van der Waals surface area (Å²) in [4.78, 5) is 28.3. The summed E-state index contributed by atoms with van der Waals surface area (Å²) in [7, 11) is 0. The first-order valence-corrected chi connectivity index (χ1v) is 14.9. The summed E-state index contributed by atoms with van der Waals surface area (Å²) in [5.41, 5.74) is 11.1. The number of carbonyl (C=O) groups is 2. The summed E-state index contributed by atoms with van der Waals surface area (Å²) >= 11 is 0. The fourth-order valence-electron chi connectivity index (χ4n) is 5.25. The van der Waals surface area contributed by atoms with Crippen LogP contribution in [-0.2, 0) is 4.79 Å². The van der Waals surface area contributed by atoms with E-state index in [2.05, 4.69) is 0 Å². The van der Waals surface area contributed by atoms with Crippen LogP contribution in [-0.4, -0.2) is 53.4 Å². The van der Waals surface area contributed by atoms with Crippen molar-refractivity contribution in [1.82, 2.24) is 4.90 Å². The van der Waals surface area contributed by atoms with Gasteiger partial charge in [0.15, 0.2) is 5.60 Å². The smallest absolute Gasteiger partial charge is 0.262 e. The Morgan fingerprint density at radius 3 is 1.74 bits per heavy atom. The zero-order valence-corrected chi connectivity index (χ0v) is 26.5. The van der Waals surface area contributed by atoms with E-state index in [0.717, 1.165) is 25.0 Å². The van der Waals surface area contributed by atoms with E-state index in [1.807, 2.05) is 55.4 Å². The van der Waals surface area contributed by atoms with Gasteiger partial charge in [-0.05, 0) is 83.4 Å². The van der Waals surface area contributed by atoms with Crippen molar-refractivity contribution in [3.63, 3.8) is 0 Å². The van der Waals surface area contributed by atoms with E-state index in [0.29, 0.717) is 30.1 Å². The molecule has 0 saturated carbocycles. The molecule has 0 unspecified atom stereocenters. The first-order chi connectivity index (χ1) is 19.7. The molecule has 0 bridgehead atoms. The molecule has 0 aromatic heterocycles. The average molecular weight is 583 g/mol. The molecule has 2 aromatic rings. The number of ether oxygens (including phenoxy) is 3. The summed E-state index contributed by atoms with van der Waals surface area (Å²) in [5.74, 6) is 0.390. The van der Waals surface area contributed by atoms with Gasteiger partial charge in [0.05, 0.1) is 18.8 Å². The number of amidine groups is 1. The number of nitrogens with one attached hydrogen (secondary N) is 1. The maximum absolute atomic E-state index is 13.7. The Morgan fingerprint density at radius 2 is 1.29 bits per heavy atom. The van der Waals surface area contributed by atoms with Gasteiger partial charge < -0.3 is 30.6 Å². The molecule has 0 aliphatic heterocycles. The van der Waals surface area contributed by atoms with Gasteiger partial charge in [-0.2, -0.15) is 0 Å². The second-order valence-electron chi connectivity index (χ2n) is 11.8. The lowest BCUT2D eigenvalue weighted by Gasteiger charge is -2.39. The molecule has 9 nitrogen and oxygen atoms in total. The van der Waals surface area contributed by atoms with Gasteiger partial charge in [-0.3, -0.25) is 15.0 Å². The Hall–Kier alpha value is -3.75. The molecule has 2 rings (SSSR count). The van der Waals surface area contributed by atoms with E-state index >= 15 is 0 Å². The van der Waals surface area contributed by atoms with Crippen molar-refractivity contribution >= 4 is 17.6 Å². The van der Waals surface area contributed by atoms with Crippen LogP contribution in [0.1, 0.15) is 90.6 Å². The van der Waals surface area contributed by atoms with Crippen molar-refractivity contribution in [2.75, 3.05) is 13.2 Å².